The van der Waals surface area contributed by atoms with Gasteiger partial charge in [-0.3, -0.25) is 14.4 Å². The van der Waals surface area contributed by atoms with E-state index in [-0.39, 0.29) is 41.1 Å². The highest BCUT2D eigenvalue weighted by Gasteiger charge is 2.34. The topological polar surface area (TPSA) is 166 Å². The summed E-state index contributed by atoms with van der Waals surface area (Å²) in [7, 11) is 2.95. The van der Waals surface area contributed by atoms with E-state index in [1.54, 1.807) is 32.1 Å². The molecule has 0 aromatic heterocycles. The highest BCUT2D eigenvalue weighted by Crippen LogP contribution is 2.29. The molecule has 0 aromatic rings. The van der Waals surface area contributed by atoms with Crippen molar-refractivity contribution >= 4 is 23.6 Å². The summed E-state index contributed by atoms with van der Waals surface area (Å²) in [6.07, 6.45) is 7.95. The molecule has 0 radical (unpaired) electrons. The minimum absolute atomic E-state index is 0.0395. The van der Waals surface area contributed by atoms with Crippen LogP contribution in [0.4, 0.5) is 4.79 Å². The summed E-state index contributed by atoms with van der Waals surface area (Å²) >= 11 is 0. The van der Waals surface area contributed by atoms with E-state index in [1.807, 2.05) is 20.8 Å². The average Bonchev–Trinajstić information content (AvgIpc) is 3.00. The number of aliphatic hydroxyl groups excluding tert-OH is 1. The molecule has 0 spiro atoms. The number of carbonyl (C=O) groups is 4. The predicted octanol–water partition coefficient (Wildman–Crippen LogP) is 4.32. The number of carbonyl (C=O) groups excluding carboxylic acids is 4. The quantitative estimate of drug-likeness (QED) is 0.163. The van der Waals surface area contributed by atoms with Crippen LogP contribution in [0.1, 0.15) is 80.1 Å². The molecular weight excluding hydrogens is 590 g/mol. The Labute approximate surface area is 273 Å². The number of fused-ring (bicyclic) bond motifs is 2. The number of rotatable bonds is 9. The maximum Gasteiger partial charge on any atom is 0.405 e. The van der Waals surface area contributed by atoms with Crippen LogP contribution in [-0.2, 0) is 28.6 Å². The molecule has 46 heavy (non-hydrogen) atoms. The third-order valence-electron chi connectivity index (χ3n) is 8.42. The van der Waals surface area contributed by atoms with Crippen LogP contribution in [0.3, 0.4) is 0 Å². The Morgan fingerprint density at radius 1 is 1.15 bits per heavy atom. The lowest BCUT2D eigenvalue weighted by Gasteiger charge is -2.30. The lowest BCUT2D eigenvalue weighted by Crippen LogP contribution is -2.39. The molecule has 2 bridgehead atoms. The first-order valence-electron chi connectivity index (χ1n) is 16.1. The second-order valence-electron chi connectivity index (χ2n) is 12.5. The maximum absolute atomic E-state index is 13.8. The van der Waals surface area contributed by atoms with Crippen LogP contribution in [0.15, 0.2) is 58.5 Å². The third-order valence-corrected chi connectivity index (χ3v) is 8.42. The number of ketones is 2. The van der Waals surface area contributed by atoms with Gasteiger partial charge in [-0.05, 0) is 51.5 Å². The zero-order valence-corrected chi connectivity index (χ0v) is 28.6. The summed E-state index contributed by atoms with van der Waals surface area (Å²) < 4.78 is 16.7. The summed E-state index contributed by atoms with van der Waals surface area (Å²) in [5.74, 6) is -2.00. The van der Waals surface area contributed by atoms with Crippen molar-refractivity contribution in [1.82, 2.24) is 10.6 Å². The Kier molecular flexibility index (Phi) is 15.6. The van der Waals surface area contributed by atoms with Crippen molar-refractivity contribution in [2.75, 3.05) is 14.2 Å². The molecule has 7 atom stereocenters. The Bertz CT molecular complexity index is 1260. The predicted molar refractivity (Wildman–Crippen MR) is 176 cm³/mol. The zero-order valence-electron chi connectivity index (χ0n) is 28.6. The number of methoxy groups -OCH3 is 2. The number of ether oxygens (including phenoxy) is 3. The van der Waals surface area contributed by atoms with Gasteiger partial charge in [0.2, 0.25) is 11.6 Å². The highest BCUT2D eigenvalue weighted by atomic mass is 16.6. The average molecular weight is 644 g/mol. The Morgan fingerprint density at radius 3 is 2.46 bits per heavy atom. The largest absolute Gasteiger partial charge is 0.439 e. The van der Waals surface area contributed by atoms with Crippen LogP contribution >= 0.6 is 0 Å². The first kappa shape index (κ1) is 38.6. The number of hydrogen-bond donors (Lipinski definition) is 4. The number of amides is 2. The molecule has 0 saturated carbocycles. The fraction of sp³-hybridized carbons (Fsp3) is 0.600. The second-order valence-corrected chi connectivity index (χ2v) is 12.5. The summed E-state index contributed by atoms with van der Waals surface area (Å²) in [6.45, 7) is 11.2. The molecule has 0 fully saturated rings. The van der Waals surface area contributed by atoms with Crippen molar-refractivity contribution in [2.45, 2.75) is 111 Å². The maximum atomic E-state index is 13.8. The molecule has 5 N–H and O–H groups in total. The SMILES string of the molecule is CCCCCC(C)NC1=C2C[C@@H](C)C[C@H](OC)[C@H](O)[C@@H](C)/C=C(\C)[C@H](OC(N)=O)[C@H](OC)/C=C\C=C(/C)C(=O)NC(=CC1=O)C2=O. The molecule has 1 aliphatic carbocycles. The van der Waals surface area contributed by atoms with E-state index in [1.165, 1.54) is 26.4 Å². The van der Waals surface area contributed by atoms with Crippen molar-refractivity contribution in [3.05, 3.63) is 58.5 Å². The van der Waals surface area contributed by atoms with E-state index in [9.17, 15) is 24.3 Å². The third kappa shape index (κ3) is 11.1. The van der Waals surface area contributed by atoms with Crippen LogP contribution in [-0.4, -0.2) is 73.4 Å². The molecule has 256 valence electrons. The lowest BCUT2D eigenvalue weighted by molar-refractivity contribution is -0.120. The van der Waals surface area contributed by atoms with E-state index in [4.69, 9.17) is 19.9 Å². The van der Waals surface area contributed by atoms with Gasteiger partial charge in [0.05, 0.1) is 23.6 Å². The van der Waals surface area contributed by atoms with Crippen LogP contribution in [0.2, 0.25) is 0 Å². The van der Waals surface area contributed by atoms with Crippen molar-refractivity contribution in [2.24, 2.45) is 17.6 Å². The van der Waals surface area contributed by atoms with E-state index >= 15 is 0 Å². The molecule has 0 aromatic carbocycles. The standard InChI is InChI=1S/C35H53N3O8/c1-9-10-11-14-24(6)37-30-25-16-20(2)17-29(45-8)31(40)22(4)18-23(5)33(46-35(36)43)28(44-7)15-12-13-21(3)34(42)38-26(32(25)41)19-27(30)39/h12-13,15,18-20,22,24,28-29,31,33,37,40H,9-11,14,16-17H2,1-8H3,(H2,36,43)(H,38,42)/b15-12-,21-13+,23-18+/t20-,22+,24?,28-,29+,31-,33+/m1/s1. The lowest BCUT2D eigenvalue weighted by atomic mass is 9.85. The molecular formula is C35H53N3O8. The molecule has 1 heterocycles. The first-order chi connectivity index (χ1) is 21.7. The number of primary amides is 1. The Balaban J connectivity index is 2.60. The zero-order chi connectivity index (χ0) is 34.6. The number of aliphatic hydroxyl groups is 1. The van der Waals surface area contributed by atoms with Gasteiger partial charge in [-0.1, -0.05) is 64.3 Å². The molecule has 11 nitrogen and oxygen atoms in total. The highest BCUT2D eigenvalue weighted by molar-refractivity contribution is 6.23. The van der Waals surface area contributed by atoms with E-state index in [0.717, 1.165) is 25.7 Å². The van der Waals surface area contributed by atoms with Gasteiger partial charge in [0.25, 0.3) is 5.91 Å². The summed E-state index contributed by atoms with van der Waals surface area (Å²) in [4.78, 5) is 52.2. The second kappa shape index (κ2) is 18.6. The van der Waals surface area contributed by atoms with Crippen molar-refractivity contribution in [3.8, 4) is 0 Å². The number of hydrogen-bond acceptors (Lipinski definition) is 9. The normalized spacial score (nSPS) is 30.7. The van der Waals surface area contributed by atoms with E-state index < -0.39 is 48.1 Å². The Hall–Kier alpha value is -3.54. The van der Waals surface area contributed by atoms with Crippen LogP contribution in [0.5, 0.6) is 0 Å². The van der Waals surface area contributed by atoms with Gasteiger partial charge in [-0.2, -0.15) is 0 Å². The van der Waals surface area contributed by atoms with Crippen molar-refractivity contribution in [1.29, 1.82) is 0 Å². The van der Waals surface area contributed by atoms with E-state index in [0.29, 0.717) is 17.6 Å². The van der Waals surface area contributed by atoms with Crippen molar-refractivity contribution < 1.29 is 38.5 Å². The summed E-state index contributed by atoms with van der Waals surface area (Å²) in [5.41, 5.74) is 6.66. The summed E-state index contributed by atoms with van der Waals surface area (Å²) in [5, 5.41) is 17.2. The van der Waals surface area contributed by atoms with Crippen LogP contribution in [0.25, 0.3) is 0 Å². The van der Waals surface area contributed by atoms with E-state index in [2.05, 4.69) is 17.6 Å². The molecule has 2 amide bonds. The van der Waals surface area contributed by atoms with Gasteiger partial charge in [-0.25, -0.2) is 4.79 Å². The fourth-order valence-electron chi connectivity index (χ4n) is 5.76. The summed E-state index contributed by atoms with van der Waals surface area (Å²) in [6, 6.07) is -0.0395. The van der Waals surface area contributed by atoms with Gasteiger partial charge >= 0.3 is 6.09 Å². The van der Waals surface area contributed by atoms with Gasteiger partial charge in [-0.15, -0.1) is 0 Å². The Morgan fingerprint density at radius 2 is 1.85 bits per heavy atom. The molecule has 1 unspecified atom stereocenters. The van der Waals surface area contributed by atoms with Crippen LogP contribution < -0.4 is 16.4 Å². The number of nitrogens with two attached hydrogens (primary N) is 1. The minimum Gasteiger partial charge on any atom is -0.439 e. The van der Waals surface area contributed by atoms with Gasteiger partial charge in [0, 0.05) is 43.4 Å². The van der Waals surface area contributed by atoms with Crippen LogP contribution in [0, 0.1) is 11.8 Å². The first-order valence-corrected chi connectivity index (χ1v) is 16.1. The van der Waals surface area contributed by atoms with Gasteiger partial charge in [0.1, 0.15) is 6.10 Å². The smallest absolute Gasteiger partial charge is 0.405 e. The number of allylic oxidation sites excluding steroid dienone is 4. The number of unbranched alkanes of at least 4 members (excludes halogenated alkanes) is 2. The minimum atomic E-state index is -0.994. The van der Waals surface area contributed by atoms with Gasteiger partial charge < -0.3 is 35.7 Å². The van der Waals surface area contributed by atoms with Crippen molar-refractivity contribution in [3.63, 3.8) is 0 Å². The molecule has 11 heteroatoms. The number of nitrogens with one attached hydrogen (secondary N) is 2. The molecule has 2 rings (SSSR count). The van der Waals surface area contributed by atoms with Gasteiger partial charge in [0.15, 0.2) is 6.10 Å². The molecule has 0 saturated heterocycles. The number of Topliss-reactive ketones (excluding diaryl/α,β-unsaturated/α-hetero) is 1. The fourth-order valence-corrected chi connectivity index (χ4v) is 5.76. The molecule has 1 aliphatic heterocycles. The molecule has 2 aliphatic rings. The monoisotopic (exact) mass is 643 g/mol.